The molecule has 2 fully saturated rings. The first-order chi connectivity index (χ1) is 27.8. The van der Waals surface area contributed by atoms with Crippen LogP contribution >= 0.6 is 0 Å². The molecule has 2 heterocycles. The second-order valence-corrected chi connectivity index (χ2v) is 13.4. The maximum absolute atomic E-state index is 12.9. The molecule has 0 amide bonds. The van der Waals surface area contributed by atoms with Crippen LogP contribution in [-0.4, -0.2) is 131 Å². The van der Waals surface area contributed by atoms with Crippen LogP contribution in [0.1, 0.15) is 52.7 Å². The van der Waals surface area contributed by atoms with Crippen molar-refractivity contribution in [3.63, 3.8) is 0 Å². The van der Waals surface area contributed by atoms with Gasteiger partial charge in [-0.1, -0.05) is 12.1 Å². The molecule has 2 saturated heterocycles. The Morgan fingerprint density at radius 1 is 0.610 bits per heavy atom. The summed E-state index contributed by atoms with van der Waals surface area (Å²) in [5.41, 5.74) is 0.835. The molecular weight excluding hydrogens is 788 g/mol. The Hall–Kier alpha value is -5.96. The summed E-state index contributed by atoms with van der Waals surface area (Å²) < 4.78 is 57.7. The predicted molar refractivity (Wildman–Crippen MR) is 195 cm³/mol. The third kappa shape index (κ3) is 13.0. The van der Waals surface area contributed by atoms with Crippen LogP contribution in [0.2, 0.25) is 0 Å². The molecular formula is C39H46O20. The fourth-order valence-electron chi connectivity index (χ4n) is 6.22. The Bertz CT molecular complexity index is 1880. The van der Waals surface area contributed by atoms with E-state index in [2.05, 4.69) is 0 Å². The van der Waals surface area contributed by atoms with Gasteiger partial charge in [0.05, 0.1) is 12.7 Å². The van der Waals surface area contributed by atoms with Crippen LogP contribution in [-0.2, 0) is 82.6 Å². The lowest BCUT2D eigenvalue weighted by atomic mass is 9.96. The summed E-state index contributed by atoms with van der Waals surface area (Å²) >= 11 is 0. The number of phenolic OH excluding ortho intramolecular Hbond substituents is 4. The number of hydrogen-bond donors (Lipinski definition) is 4. The zero-order chi connectivity index (χ0) is 43.6. The lowest BCUT2D eigenvalue weighted by molar-refractivity contribution is -0.359. The van der Waals surface area contributed by atoms with Gasteiger partial charge in [-0.05, 0) is 54.8 Å². The molecule has 10 atom stereocenters. The van der Waals surface area contributed by atoms with Gasteiger partial charge in [0.1, 0.15) is 18.8 Å². The number of aromatic hydroxyl groups is 4. The molecule has 2 aliphatic heterocycles. The molecule has 20 heteroatoms. The molecule has 0 spiro atoms. The molecule has 0 radical (unpaired) electrons. The van der Waals surface area contributed by atoms with E-state index in [0.29, 0.717) is 11.1 Å². The topological polar surface area (TPSA) is 276 Å². The van der Waals surface area contributed by atoms with Crippen molar-refractivity contribution >= 4 is 41.9 Å². The molecule has 322 valence electrons. The first kappa shape index (κ1) is 45.7. The van der Waals surface area contributed by atoms with Gasteiger partial charge in [0.15, 0.2) is 66.1 Å². The van der Waals surface area contributed by atoms with E-state index in [-0.39, 0.29) is 24.5 Å². The SMILES string of the molecule is CC(=O)OC1C(C)OC(OC2C(OC(C)=O)C(COC(=O)C=Cc3ccc(O)c(O)c3)OC(OCCc3ccc(O)c(O)c3)C2OC(C)=O)C(OC(C)=O)C1OC(C)=O. The molecule has 4 N–H and O–H groups in total. The summed E-state index contributed by atoms with van der Waals surface area (Å²) in [7, 11) is 0. The van der Waals surface area contributed by atoms with Crippen molar-refractivity contribution in [2.45, 2.75) is 109 Å². The smallest absolute Gasteiger partial charge is 0.330 e. The third-order valence-corrected chi connectivity index (χ3v) is 8.63. The normalized spacial score (nSPS) is 26.6. The Kier molecular flexibility index (Phi) is 16.0. The summed E-state index contributed by atoms with van der Waals surface area (Å²) in [4.78, 5) is 75.0. The average molecular weight is 835 g/mol. The molecule has 10 unspecified atom stereocenters. The lowest BCUT2D eigenvalue weighted by Crippen LogP contribution is -2.66. The first-order valence-corrected chi connectivity index (χ1v) is 18.1. The number of ether oxygens (including phenoxy) is 10. The number of rotatable bonds is 15. The summed E-state index contributed by atoms with van der Waals surface area (Å²) in [5.74, 6) is -6.82. The van der Waals surface area contributed by atoms with Gasteiger partial charge in [-0.3, -0.25) is 24.0 Å². The van der Waals surface area contributed by atoms with Gasteiger partial charge in [-0.25, -0.2) is 4.79 Å². The molecule has 0 aromatic heterocycles. The zero-order valence-electron chi connectivity index (χ0n) is 32.8. The highest BCUT2D eigenvalue weighted by Gasteiger charge is 2.57. The van der Waals surface area contributed by atoms with E-state index >= 15 is 0 Å². The minimum atomic E-state index is -1.72. The second-order valence-electron chi connectivity index (χ2n) is 13.4. The second kappa shape index (κ2) is 20.6. The van der Waals surface area contributed by atoms with Crippen molar-refractivity contribution in [1.29, 1.82) is 0 Å². The Labute approximate surface area is 337 Å². The van der Waals surface area contributed by atoms with E-state index in [1.165, 1.54) is 49.4 Å². The van der Waals surface area contributed by atoms with E-state index in [1.807, 2.05) is 0 Å². The Morgan fingerprint density at radius 2 is 1.14 bits per heavy atom. The molecule has 2 aromatic rings. The summed E-state index contributed by atoms with van der Waals surface area (Å²) in [6, 6.07) is 7.88. The third-order valence-electron chi connectivity index (χ3n) is 8.63. The molecule has 59 heavy (non-hydrogen) atoms. The van der Waals surface area contributed by atoms with Gasteiger partial charge < -0.3 is 67.8 Å². The quantitative estimate of drug-likeness (QED) is 0.0862. The van der Waals surface area contributed by atoms with E-state index in [9.17, 15) is 49.2 Å². The van der Waals surface area contributed by atoms with E-state index in [1.54, 1.807) is 0 Å². The highest BCUT2D eigenvalue weighted by molar-refractivity contribution is 5.87. The van der Waals surface area contributed by atoms with Crippen LogP contribution in [0, 0.1) is 0 Å². The molecule has 20 nitrogen and oxygen atoms in total. The van der Waals surface area contributed by atoms with Crippen LogP contribution in [0.25, 0.3) is 6.08 Å². The van der Waals surface area contributed by atoms with E-state index < -0.39 is 115 Å². The maximum Gasteiger partial charge on any atom is 0.330 e. The number of esters is 6. The van der Waals surface area contributed by atoms with Crippen LogP contribution in [0.3, 0.4) is 0 Å². The summed E-state index contributed by atoms with van der Waals surface area (Å²) in [5, 5.41) is 39.1. The lowest BCUT2D eigenvalue weighted by Gasteiger charge is -2.48. The highest BCUT2D eigenvalue weighted by Crippen LogP contribution is 2.36. The van der Waals surface area contributed by atoms with Gasteiger partial charge >= 0.3 is 35.8 Å². The van der Waals surface area contributed by atoms with Crippen LogP contribution in [0.15, 0.2) is 42.5 Å². The first-order valence-electron chi connectivity index (χ1n) is 18.1. The number of carbonyl (C=O) groups is 6. The van der Waals surface area contributed by atoms with Crippen molar-refractivity contribution in [2.75, 3.05) is 13.2 Å². The van der Waals surface area contributed by atoms with Gasteiger partial charge in [-0.2, -0.15) is 0 Å². The van der Waals surface area contributed by atoms with Crippen molar-refractivity contribution < 1.29 is 96.6 Å². The predicted octanol–water partition coefficient (Wildman–Crippen LogP) is 1.84. The Balaban J connectivity index is 1.73. The minimum Gasteiger partial charge on any atom is -0.504 e. The average Bonchev–Trinajstić information content (AvgIpc) is 3.13. The van der Waals surface area contributed by atoms with Gasteiger partial charge in [0, 0.05) is 40.7 Å². The van der Waals surface area contributed by atoms with Crippen LogP contribution < -0.4 is 0 Å². The summed E-state index contributed by atoms with van der Waals surface area (Å²) in [6.07, 6.45) is -12.8. The monoisotopic (exact) mass is 834 g/mol. The van der Waals surface area contributed by atoms with Crippen LogP contribution in [0.4, 0.5) is 0 Å². The van der Waals surface area contributed by atoms with Crippen molar-refractivity contribution in [3.8, 4) is 23.0 Å². The number of carbonyl (C=O) groups excluding carboxylic acids is 6. The molecule has 0 aliphatic carbocycles. The molecule has 2 aliphatic rings. The van der Waals surface area contributed by atoms with Gasteiger partial charge in [0.25, 0.3) is 0 Å². The Morgan fingerprint density at radius 3 is 1.71 bits per heavy atom. The molecule has 4 rings (SSSR count). The van der Waals surface area contributed by atoms with Crippen molar-refractivity contribution in [3.05, 3.63) is 53.6 Å². The maximum atomic E-state index is 12.9. The standard InChI is InChI=1S/C39H46O20/c1-18-32(53-19(2)40)34(55-21(4)42)37(57-23(6)44)39(52-18)59-35-33(54-20(3)41)30(17-51-31(49)12-9-24-7-10-26(45)28(47)15-24)58-38(36(35)56-22(5)43)50-14-13-25-8-11-27(46)29(48)16-25/h7-12,15-16,18,30,32-39,45-48H,13-14,17H2,1-6H3. The number of phenols is 4. The zero-order valence-corrected chi connectivity index (χ0v) is 32.8. The largest absolute Gasteiger partial charge is 0.504 e. The molecule has 2 aromatic carbocycles. The molecule has 0 bridgehead atoms. The van der Waals surface area contributed by atoms with Crippen molar-refractivity contribution in [2.24, 2.45) is 0 Å². The molecule has 0 saturated carbocycles. The van der Waals surface area contributed by atoms with E-state index in [0.717, 1.165) is 40.7 Å². The van der Waals surface area contributed by atoms with Gasteiger partial charge in [-0.15, -0.1) is 0 Å². The fraction of sp³-hybridized carbons (Fsp3) is 0.487. The number of benzene rings is 2. The summed E-state index contributed by atoms with van der Waals surface area (Å²) in [6.45, 7) is 5.93. The van der Waals surface area contributed by atoms with Crippen LogP contribution in [0.5, 0.6) is 23.0 Å². The number of hydrogen-bond acceptors (Lipinski definition) is 20. The van der Waals surface area contributed by atoms with E-state index in [4.69, 9.17) is 47.4 Å². The minimum absolute atomic E-state index is 0.107. The highest BCUT2D eigenvalue weighted by atomic mass is 16.8. The van der Waals surface area contributed by atoms with Crippen molar-refractivity contribution in [1.82, 2.24) is 0 Å². The van der Waals surface area contributed by atoms with Gasteiger partial charge in [0.2, 0.25) is 0 Å². The fourth-order valence-corrected chi connectivity index (χ4v) is 6.22.